The van der Waals surface area contributed by atoms with Gasteiger partial charge in [0.1, 0.15) is 5.56 Å². The molecule has 0 radical (unpaired) electrons. The highest BCUT2D eigenvalue weighted by Crippen LogP contribution is 2.38. The first-order valence-corrected chi connectivity index (χ1v) is 9.19. The number of nitro benzene ring substituents is 1. The van der Waals surface area contributed by atoms with E-state index in [0.717, 1.165) is 19.3 Å². The fourth-order valence-corrected chi connectivity index (χ4v) is 2.62. The van der Waals surface area contributed by atoms with Crippen LogP contribution < -0.4 is 0 Å². The minimum Gasteiger partial charge on any atom is -0.501 e. The number of unbranched alkanes of at least 4 members (excludes halogenated alkanes) is 2. The van der Waals surface area contributed by atoms with E-state index in [2.05, 4.69) is 0 Å². The molecule has 0 aliphatic rings. The number of rotatable bonds is 9. The molecule has 0 aliphatic carbocycles. The smallest absolute Gasteiger partial charge is 0.342 e. The number of nitro groups is 1. The SMILES string of the molecule is CCCCOC(=O)c1ccc2c([N+](=O)[O-])c(O)c(C(=O)OCCCC)cc2c1. The van der Waals surface area contributed by atoms with E-state index in [9.17, 15) is 24.8 Å². The van der Waals surface area contributed by atoms with Crippen molar-refractivity contribution in [1.29, 1.82) is 0 Å². The van der Waals surface area contributed by atoms with Crippen LogP contribution in [0.5, 0.6) is 5.75 Å². The van der Waals surface area contributed by atoms with Crippen LogP contribution in [0.15, 0.2) is 24.3 Å². The van der Waals surface area contributed by atoms with E-state index in [1.165, 1.54) is 24.3 Å². The third kappa shape index (κ3) is 4.76. The van der Waals surface area contributed by atoms with Gasteiger partial charge in [0, 0.05) is 0 Å². The zero-order chi connectivity index (χ0) is 20.7. The Kier molecular flexibility index (Phi) is 7.31. The van der Waals surface area contributed by atoms with E-state index in [4.69, 9.17) is 9.47 Å². The monoisotopic (exact) mass is 389 g/mol. The fraction of sp³-hybridized carbons (Fsp3) is 0.400. The number of carbonyl (C=O) groups excluding carboxylic acids is 2. The minimum absolute atomic E-state index is 0.109. The number of ether oxygens (including phenoxy) is 2. The van der Waals surface area contributed by atoms with Crippen molar-refractivity contribution in [2.45, 2.75) is 39.5 Å². The molecule has 28 heavy (non-hydrogen) atoms. The molecular formula is C20H23NO7. The summed E-state index contributed by atoms with van der Waals surface area (Å²) >= 11 is 0. The van der Waals surface area contributed by atoms with Crippen LogP contribution in [0.3, 0.4) is 0 Å². The largest absolute Gasteiger partial charge is 0.501 e. The van der Waals surface area contributed by atoms with Crippen LogP contribution >= 0.6 is 0 Å². The Morgan fingerprint density at radius 3 is 2.21 bits per heavy atom. The number of carbonyl (C=O) groups is 2. The summed E-state index contributed by atoms with van der Waals surface area (Å²) in [5, 5.41) is 22.1. The number of fused-ring (bicyclic) bond motifs is 1. The van der Waals surface area contributed by atoms with Crippen molar-refractivity contribution < 1.29 is 29.1 Å². The highest BCUT2D eigenvalue weighted by molar-refractivity contribution is 6.05. The number of hydrogen-bond donors (Lipinski definition) is 1. The van der Waals surface area contributed by atoms with Gasteiger partial charge in [0.2, 0.25) is 5.75 Å². The Morgan fingerprint density at radius 2 is 1.64 bits per heavy atom. The number of nitrogens with zero attached hydrogens (tertiary/aromatic N) is 1. The van der Waals surface area contributed by atoms with E-state index in [1.807, 2.05) is 13.8 Å². The van der Waals surface area contributed by atoms with E-state index >= 15 is 0 Å². The lowest BCUT2D eigenvalue weighted by Crippen LogP contribution is -2.09. The third-order valence-corrected chi connectivity index (χ3v) is 4.19. The molecule has 0 unspecified atom stereocenters. The van der Waals surface area contributed by atoms with Gasteiger partial charge >= 0.3 is 17.6 Å². The van der Waals surface area contributed by atoms with Crippen molar-refractivity contribution in [1.82, 2.24) is 0 Å². The molecule has 2 aromatic carbocycles. The summed E-state index contributed by atoms with van der Waals surface area (Å²) < 4.78 is 10.2. The first kappa shape index (κ1) is 21.1. The van der Waals surface area contributed by atoms with Gasteiger partial charge in [-0.25, -0.2) is 9.59 Å². The summed E-state index contributed by atoms with van der Waals surface area (Å²) in [6, 6.07) is 5.44. The van der Waals surface area contributed by atoms with Gasteiger partial charge in [-0.2, -0.15) is 0 Å². The number of phenols is 1. The molecule has 0 amide bonds. The fourth-order valence-electron chi connectivity index (χ4n) is 2.62. The molecule has 0 bridgehead atoms. The molecule has 2 rings (SSSR count). The van der Waals surface area contributed by atoms with E-state index < -0.39 is 28.3 Å². The van der Waals surface area contributed by atoms with Crippen LogP contribution in [0.4, 0.5) is 5.69 Å². The molecule has 0 atom stereocenters. The molecule has 2 aromatic rings. The lowest BCUT2D eigenvalue weighted by Gasteiger charge is -2.10. The van der Waals surface area contributed by atoms with Gasteiger partial charge < -0.3 is 14.6 Å². The maximum absolute atomic E-state index is 12.3. The maximum atomic E-state index is 12.3. The van der Waals surface area contributed by atoms with Gasteiger partial charge in [-0.15, -0.1) is 0 Å². The summed E-state index contributed by atoms with van der Waals surface area (Å²) in [6.07, 6.45) is 3.04. The molecule has 0 spiro atoms. The molecule has 8 heteroatoms. The van der Waals surface area contributed by atoms with Crippen molar-refractivity contribution in [2.24, 2.45) is 0 Å². The van der Waals surface area contributed by atoms with Gasteiger partial charge in [-0.05, 0) is 42.5 Å². The Labute approximate surface area is 162 Å². The Hall–Kier alpha value is -3.16. The standard InChI is InChI=1S/C20H23NO7/c1-3-5-9-27-19(23)13-7-8-15-14(11-13)12-16(18(22)17(15)21(25)26)20(24)28-10-6-4-2/h7-8,11-12,22H,3-6,9-10H2,1-2H3. The lowest BCUT2D eigenvalue weighted by atomic mass is 10.0. The predicted octanol–water partition coefficient (Wildman–Crippen LogP) is 4.37. The van der Waals surface area contributed by atoms with Crippen LogP contribution in [0.2, 0.25) is 0 Å². The Bertz CT molecular complexity index is 892. The first-order chi connectivity index (χ1) is 13.4. The number of hydrogen-bond acceptors (Lipinski definition) is 7. The number of aromatic hydroxyl groups is 1. The van der Waals surface area contributed by atoms with Gasteiger partial charge in [0.05, 0.1) is 29.1 Å². The molecule has 0 fully saturated rings. The minimum atomic E-state index is -0.855. The Morgan fingerprint density at radius 1 is 1.04 bits per heavy atom. The second kappa shape index (κ2) is 9.68. The van der Waals surface area contributed by atoms with E-state index in [-0.39, 0.29) is 35.1 Å². The summed E-state index contributed by atoms with van der Waals surface area (Å²) in [6.45, 7) is 4.31. The van der Waals surface area contributed by atoms with Crippen molar-refractivity contribution in [2.75, 3.05) is 13.2 Å². The summed E-state index contributed by atoms with van der Waals surface area (Å²) in [5.41, 5.74) is -0.716. The van der Waals surface area contributed by atoms with Crippen LogP contribution in [-0.2, 0) is 9.47 Å². The topological polar surface area (TPSA) is 116 Å². The Balaban J connectivity index is 2.47. The highest BCUT2D eigenvalue weighted by atomic mass is 16.6. The normalized spacial score (nSPS) is 10.6. The molecule has 0 aromatic heterocycles. The number of esters is 2. The third-order valence-electron chi connectivity index (χ3n) is 4.19. The lowest BCUT2D eigenvalue weighted by molar-refractivity contribution is -0.384. The zero-order valence-electron chi connectivity index (χ0n) is 15.9. The average molecular weight is 389 g/mol. The van der Waals surface area contributed by atoms with E-state index in [0.29, 0.717) is 6.42 Å². The van der Waals surface area contributed by atoms with Crippen LogP contribution in [0.25, 0.3) is 10.8 Å². The number of benzene rings is 2. The van der Waals surface area contributed by atoms with Crippen molar-refractivity contribution in [3.8, 4) is 5.75 Å². The zero-order valence-corrected chi connectivity index (χ0v) is 15.9. The van der Waals surface area contributed by atoms with Crippen molar-refractivity contribution >= 4 is 28.4 Å². The van der Waals surface area contributed by atoms with Crippen molar-refractivity contribution in [3.63, 3.8) is 0 Å². The molecule has 0 saturated carbocycles. The molecule has 0 heterocycles. The van der Waals surface area contributed by atoms with Crippen molar-refractivity contribution in [3.05, 3.63) is 45.5 Å². The molecule has 1 N–H and O–H groups in total. The molecule has 150 valence electrons. The average Bonchev–Trinajstić information content (AvgIpc) is 2.66. The first-order valence-electron chi connectivity index (χ1n) is 9.19. The van der Waals surface area contributed by atoms with Crippen LogP contribution in [0.1, 0.15) is 60.2 Å². The summed E-state index contributed by atoms with van der Waals surface area (Å²) in [7, 11) is 0. The second-order valence-corrected chi connectivity index (χ2v) is 6.29. The second-order valence-electron chi connectivity index (χ2n) is 6.29. The predicted molar refractivity (Wildman–Crippen MR) is 103 cm³/mol. The van der Waals surface area contributed by atoms with Gasteiger partial charge in [0.15, 0.2) is 0 Å². The molecule has 8 nitrogen and oxygen atoms in total. The highest BCUT2D eigenvalue weighted by Gasteiger charge is 2.27. The van der Waals surface area contributed by atoms with E-state index in [1.54, 1.807) is 0 Å². The van der Waals surface area contributed by atoms with Gasteiger partial charge in [0.25, 0.3) is 0 Å². The van der Waals surface area contributed by atoms with Gasteiger partial charge in [-0.3, -0.25) is 10.1 Å². The van der Waals surface area contributed by atoms with Gasteiger partial charge in [-0.1, -0.05) is 26.7 Å². The van der Waals surface area contributed by atoms with Crippen LogP contribution in [-0.4, -0.2) is 35.2 Å². The maximum Gasteiger partial charge on any atom is 0.342 e. The molecule has 0 aliphatic heterocycles. The summed E-state index contributed by atoms with van der Waals surface area (Å²) in [4.78, 5) is 35.1. The quantitative estimate of drug-likeness (QED) is 0.293. The molecular weight excluding hydrogens is 366 g/mol. The number of phenolic OH excluding ortho intramolecular Hbond substituents is 1. The van der Waals surface area contributed by atoms with Crippen LogP contribution in [0, 0.1) is 10.1 Å². The summed E-state index contributed by atoms with van der Waals surface area (Å²) in [5.74, 6) is -2.16. The molecule has 0 saturated heterocycles.